The molecule has 0 spiro atoms. The summed E-state index contributed by atoms with van der Waals surface area (Å²) in [5, 5.41) is 4.19. The third kappa shape index (κ3) is 3.38. The third-order valence-corrected chi connectivity index (χ3v) is 5.83. The molecule has 2 fully saturated rings. The summed E-state index contributed by atoms with van der Waals surface area (Å²) < 4.78 is 5.24. The number of carbonyl (C=O) groups is 1. The van der Waals surface area contributed by atoms with E-state index in [0.717, 1.165) is 23.2 Å². The van der Waals surface area contributed by atoms with Gasteiger partial charge in [0.1, 0.15) is 11.4 Å². The number of piperidine rings is 2. The van der Waals surface area contributed by atoms with Crippen molar-refractivity contribution in [1.29, 1.82) is 0 Å². The summed E-state index contributed by atoms with van der Waals surface area (Å²) in [6.45, 7) is 3.25. The predicted octanol–water partition coefficient (Wildman–Crippen LogP) is 3.17. The number of hydrogen-bond donors (Lipinski definition) is 2. The molecule has 2 atom stereocenters. The second kappa shape index (κ2) is 7.08. The van der Waals surface area contributed by atoms with Gasteiger partial charge in [0, 0.05) is 29.6 Å². The molecular formula is C20H27N3O2. The molecule has 25 heavy (non-hydrogen) atoms. The van der Waals surface area contributed by atoms with Crippen molar-refractivity contribution in [2.24, 2.45) is 5.92 Å². The van der Waals surface area contributed by atoms with Gasteiger partial charge in [0.25, 0.3) is 5.91 Å². The maximum absolute atomic E-state index is 12.6. The Hall–Kier alpha value is -2.01. The fourth-order valence-corrected chi connectivity index (χ4v) is 4.49. The number of benzene rings is 1. The van der Waals surface area contributed by atoms with Crippen molar-refractivity contribution in [3.63, 3.8) is 0 Å². The van der Waals surface area contributed by atoms with Crippen LogP contribution in [0.3, 0.4) is 0 Å². The number of carbonyl (C=O) groups excluding carboxylic acids is 1. The van der Waals surface area contributed by atoms with Crippen LogP contribution in [0.25, 0.3) is 10.9 Å². The number of nitrogens with one attached hydrogen (secondary N) is 2. The highest BCUT2D eigenvalue weighted by Gasteiger charge is 2.33. The summed E-state index contributed by atoms with van der Waals surface area (Å²) >= 11 is 0. The van der Waals surface area contributed by atoms with E-state index < -0.39 is 0 Å². The van der Waals surface area contributed by atoms with E-state index in [-0.39, 0.29) is 5.91 Å². The summed E-state index contributed by atoms with van der Waals surface area (Å²) in [5.41, 5.74) is 1.56. The SMILES string of the molecule is COc1ccc2cc(C(=O)NC[C@@H]3CCCN4CCCC[C@@H]34)[nH]c2c1. The van der Waals surface area contributed by atoms with E-state index in [1.807, 2.05) is 24.3 Å². The number of aromatic nitrogens is 1. The smallest absolute Gasteiger partial charge is 0.267 e. The fraction of sp³-hybridized carbons (Fsp3) is 0.550. The van der Waals surface area contributed by atoms with Crippen LogP contribution in [0.15, 0.2) is 24.3 Å². The molecule has 0 radical (unpaired) electrons. The zero-order valence-electron chi connectivity index (χ0n) is 14.9. The summed E-state index contributed by atoms with van der Waals surface area (Å²) in [6, 6.07) is 8.39. The largest absolute Gasteiger partial charge is 0.497 e. The van der Waals surface area contributed by atoms with Gasteiger partial charge in [0.2, 0.25) is 0 Å². The van der Waals surface area contributed by atoms with E-state index in [0.29, 0.717) is 17.7 Å². The van der Waals surface area contributed by atoms with Crippen molar-refractivity contribution in [3.05, 3.63) is 30.0 Å². The van der Waals surface area contributed by atoms with Gasteiger partial charge in [-0.25, -0.2) is 0 Å². The molecule has 4 rings (SSSR count). The maximum Gasteiger partial charge on any atom is 0.267 e. The average molecular weight is 341 g/mol. The molecule has 134 valence electrons. The quantitative estimate of drug-likeness (QED) is 0.898. The Balaban J connectivity index is 1.41. The molecule has 2 aliphatic rings. The molecule has 1 aromatic heterocycles. The zero-order chi connectivity index (χ0) is 17.2. The van der Waals surface area contributed by atoms with Crippen LogP contribution < -0.4 is 10.1 Å². The molecule has 2 aliphatic heterocycles. The van der Waals surface area contributed by atoms with Crippen LogP contribution in [0.1, 0.15) is 42.6 Å². The lowest BCUT2D eigenvalue weighted by Gasteiger charge is -2.44. The summed E-state index contributed by atoms with van der Waals surface area (Å²) in [5.74, 6) is 1.37. The van der Waals surface area contributed by atoms with E-state index in [9.17, 15) is 4.79 Å². The maximum atomic E-state index is 12.6. The van der Waals surface area contributed by atoms with Crippen LogP contribution in [-0.4, -0.2) is 48.6 Å². The summed E-state index contributed by atoms with van der Waals surface area (Å²) in [4.78, 5) is 18.4. The summed E-state index contributed by atoms with van der Waals surface area (Å²) in [7, 11) is 1.65. The van der Waals surface area contributed by atoms with Gasteiger partial charge in [-0.2, -0.15) is 0 Å². The molecule has 1 aromatic carbocycles. The number of ether oxygens (including phenoxy) is 1. The van der Waals surface area contributed by atoms with Crippen LogP contribution in [-0.2, 0) is 0 Å². The minimum absolute atomic E-state index is 0.0110. The molecule has 0 aliphatic carbocycles. The number of nitrogens with zero attached hydrogens (tertiary/aromatic N) is 1. The Morgan fingerprint density at radius 3 is 3.00 bits per heavy atom. The highest BCUT2D eigenvalue weighted by molar-refractivity contribution is 5.98. The van der Waals surface area contributed by atoms with Crippen LogP contribution in [0.2, 0.25) is 0 Å². The number of fused-ring (bicyclic) bond motifs is 2. The van der Waals surface area contributed by atoms with Crippen molar-refractivity contribution >= 4 is 16.8 Å². The monoisotopic (exact) mass is 341 g/mol. The third-order valence-electron chi connectivity index (χ3n) is 5.83. The number of rotatable bonds is 4. The molecule has 5 nitrogen and oxygen atoms in total. The van der Waals surface area contributed by atoms with Crippen molar-refractivity contribution < 1.29 is 9.53 Å². The molecular weight excluding hydrogens is 314 g/mol. The molecule has 0 saturated carbocycles. The lowest BCUT2D eigenvalue weighted by molar-refractivity contribution is 0.0575. The van der Waals surface area contributed by atoms with Crippen molar-refractivity contribution in [3.8, 4) is 5.75 Å². The van der Waals surface area contributed by atoms with Crippen LogP contribution >= 0.6 is 0 Å². The zero-order valence-corrected chi connectivity index (χ0v) is 14.9. The Morgan fingerprint density at radius 1 is 1.24 bits per heavy atom. The van der Waals surface area contributed by atoms with Gasteiger partial charge >= 0.3 is 0 Å². The van der Waals surface area contributed by atoms with E-state index in [1.165, 1.54) is 45.2 Å². The Morgan fingerprint density at radius 2 is 2.12 bits per heavy atom. The summed E-state index contributed by atoms with van der Waals surface area (Å²) in [6.07, 6.45) is 6.42. The topological polar surface area (TPSA) is 57.4 Å². The predicted molar refractivity (Wildman–Crippen MR) is 99.1 cm³/mol. The van der Waals surface area contributed by atoms with Gasteiger partial charge in [-0.15, -0.1) is 0 Å². The first kappa shape index (κ1) is 16.5. The normalized spacial score (nSPS) is 24.0. The van der Waals surface area contributed by atoms with Gasteiger partial charge < -0.3 is 19.9 Å². The molecule has 5 heteroatoms. The average Bonchev–Trinajstić information content (AvgIpc) is 3.09. The minimum Gasteiger partial charge on any atom is -0.497 e. The van der Waals surface area contributed by atoms with E-state index in [1.54, 1.807) is 7.11 Å². The molecule has 0 unspecified atom stereocenters. The minimum atomic E-state index is -0.0110. The molecule has 2 N–H and O–H groups in total. The van der Waals surface area contributed by atoms with Gasteiger partial charge in [-0.3, -0.25) is 4.79 Å². The first-order valence-corrected chi connectivity index (χ1v) is 9.43. The van der Waals surface area contributed by atoms with Gasteiger partial charge in [0.05, 0.1) is 7.11 Å². The first-order valence-electron chi connectivity index (χ1n) is 9.43. The lowest BCUT2D eigenvalue weighted by atomic mass is 9.83. The Bertz CT molecular complexity index is 752. The van der Waals surface area contributed by atoms with Gasteiger partial charge in [-0.1, -0.05) is 6.42 Å². The van der Waals surface area contributed by atoms with Crippen molar-refractivity contribution in [1.82, 2.24) is 15.2 Å². The Labute approximate surface area is 148 Å². The highest BCUT2D eigenvalue weighted by atomic mass is 16.5. The number of methoxy groups -OCH3 is 1. The molecule has 1 amide bonds. The van der Waals surface area contributed by atoms with Crippen molar-refractivity contribution in [2.45, 2.75) is 38.1 Å². The van der Waals surface area contributed by atoms with Crippen LogP contribution in [0.5, 0.6) is 5.75 Å². The van der Waals surface area contributed by atoms with Crippen LogP contribution in [0.4, 0.5) is 0 Å². The Kier molecular flexibility index (Phi) is 4.66. The van der Waals surface area contributed by atoms with Gasteiger partial charge in [-0.05, 0) is 62.9 Å². The van der Waals surface area contributed by atoms with Crippen LogP contribution in [0, 0.1) is 5.92 Å². The number of H-pyrrole nitrogens is 1. The van der Waals surface area contributed by atoms with E-state index in [4.69, 9.17) is 4.74 Å². The van der Waals surface area contributed by atoms with Gasteiger partial charge in [0.15, 0.2) is 0 Å². The van der Waals surface area contributed by atoms with E-state index >= 15 is 0 Å². The standard InChI is InChI=1S/C20H27N3O2/c1-25-16-8-7-14-11-18(22-17(14)12-16)20(24)21-13-15-5-4-10-23-9-3-2-6-19(15)23/h7-8,11-12,15,19,22H,2-6,9-10,13H2,1H3,(H,21,24)/t15-,19-/m0/s1. The number of amides is 1. The second-order valence-electron chi connectivity index (χ2n) is 7.35. The second-order valence-corrected chi connectivity index (χ2v) is 7.35. The van der Waals surface area contributed by atoms with Crippen molar-refractivity contribution in [2.75, 3.05) is 26.7 Å². The molecule has 0 bridgehead atoms. The molecule has 2 saturated heterocycles. The van der Waals surface area contributed by atoms with E-state index in [2.05, 4.69) is 15.2 Å². The number of aromatic amines is 1. The number of hydrogen-bond acceptors (Lipinski definition) is 3. The molecule has 3 heterocycles. The fourth-order valence-electron chi connectivity index (χ4n) is 4.49. The molecule has 2 aromatic rings. The first-order chi connectivity index (χ1) is 12.2. The lowest BCUT2D eigenvalue weighted by Crippen LogP contribution is -2.51. The highest BCUT2D eigenvalue weighted by Crippen LogP contribution is 2.30.